The number of furan rings is 1. The van der Waals surface area contributed by atoms with Gasteiger partial charge in [-0.2, -0.15) is 0 Å². The van der Waals surface area contributed by atoms with Gasteiger partial charge in [-0.1, -0.05) is 18.2 Å². The Bertz CT molecular complexity index is 851. The number of carbonyl (C=O) groups excluding carboxylic acids is 1. The van der Waals surface area contributed by atoms with Crippen LogP contribution in [0.1, 0.15) is 22.2 Å². The average molecular weight is 335 g/mol. The van der Waals surface area contributed by atoms with Crippen molar-refractivity contribution in [2.45, 2.75) is 6.04 Å². The van der Waals surface area contributed by atoms with E-state index < -0.39 is 36.0 Å². The minimum absolute atomic E-state index is 0.0160. The molecule has 1 aromatic heterocycles. The molecule has 1 atom stereocenters. The Kier molecular flexibility index (Phi) is 4.26. The molecule has 0 saturated carbocycles. The number of halogens is 3. The van der Waals surface area contributed by atoms with Crippen molar-refractivity contribution in [3.8, 4) is 0 Å². The summed E-state index contributed by atoms with van der Waals surface area (Å²) < 4.78 is 45.0. The number of rotatable bonds is 4. The van der Waals surface area contributed by atoms with Gasteiger partial charge in [0.2, 0.25) is 0 Å². The maximum Gasteiger partial charge on any atom is 0.287 e. The van der Waals surface area contributed by atoms with E-state index in [0.29, 0.717) is 11.0 Å². The Morgan fingerprint density at radius 3 is 2.42 bits per heavy atom. The molecule has 0 fully saturated rings. The summed E-state index contributed by atoms with van der Waals surface area (Å²) in [5.41, 5.74) is 0.403. The summed E-state index contributed by atoms with van der Waals surface area (Å²) in [4.78, 5) is 12.2. The molecule has 0 aliphatic rings. The zero-order valence-electron chi connectivity index (χ0n) is 12.2. The molecule has 2 N–H and O–H groups in total. The summed E-state index contributed by atoms with van der Waals surface area (Å²) in [5.74, 6) is -5.10. The smallest absolute Gasteiger partial charge is 0.287 e. The number of aliphatic hydroxyl groups is 1. The second-order valence-electron chi connectivity index (χ2n) is 5.16. The molecule has 7 heteroatoms. The maximum atomic E-state index is 13.3. The van der Waals surface area contributed by atoms with Crippen LogP contribution in [0.2, 0.25) is 0 Å². The predicted molar refractivity (Wildman–Crippen MR) is 79.8 cm³/mol. The summed E-state index contributed by atoms with van der Waals surface area (Å²) in [6.45, 7) is -0.628. The van der Waals surface area contributed by atoms with Crippen LogP contribution in [0.25, 0.3) is 11.0 Å². The van der Waals surface area contributed by atoms with Gasteiger partial charge in [0.05, 0.1) is 12.6 Å². The first-order valence-corrected chi connectivity index (χ1v) is 7.04. The van der Waals surface area contributed by atoms with Crippen molar-refractivity contribution in [3.05, 3.63) is 71.2 Å². The number of fused-ring (bicyclic) bond motifs is 1. The van der Waals surface area contributed by atoms with Crippen LogP contribution < -0.4 is 5.32 Å². The van der Waals surface area contributed by atoms with Crippen molar-refractivity contribution < 1.29 is 27.5 Å². The SMILES string of the molecule is O=C(NC(CO)c1cc(F)c(F)c(F)c1)c1cc2ccccc2o1. The fraction of sp³-hybridized carbons (Fsp3) is 0.118. The second-order valence-corrected chi connectivity index (χ2v) is 5.16. The third-order valence-electron chi connectivity index (χ3n) is 3.55. The van der Waals surface area contributed by atoms with Crippen molar-refractivity contribution in [2.75, 3.05) is 6.61 Å². The van der Waals surface area contributed by atoms with Gasteiger partial charge in [-0.3, -0.25) is 4.79 Å². The minimum atomic E-state index is -1.61. The molecule has 0 saturated heterocycles. The number of hydrogen-bond acceptors (Lipinski definition) is 3. The Morgan fingerprint density at radius 1 is 1.12 bits per heavy atom. The van der Waals surface area contributed by atoms with E-state index in [1.165, 1.54) is 6.07 Å². The molecule has 24 heavy (non-hydrogen) atoms. The first kappa shape index (κ1) is 16.1. The third kappa shape index (κ3) is 2.98. The Hall–Kier alpha value is -2.80. The van der Waals surface area contributed by atoms with Gasteiger partial charge in [0.15, 0.2) is 23.2 Å². The number of benzene rings is 2. The van der Waals surface area contributed by atoms with Gasteiger partial charge < -0.3 is 14.8 Å². The molecule has 124 valence electrons. The number of carbonyl (C=O) groups is 1. The van der Waals surface area contributed by atoms with Gasteiger partial charge in [0, 0.05) is 5.39 Å². The van der Waals surface area contributed by atoms with Gasteiger partial charge in [0.1, 0.15) is 5.58 Å². The zero-order valence-corrected chi connectivity index (χ0v) is 12.2. The van der Waals surface area contributed by atoms with Crippen LogP contribution in [-0.2, 0) is 0 Å². The van der Waals surface area contributed by atoms with Gasteiger partial charge in [-0.15, -0.1) is 0 Å². The summed E-state index contributed by atoms with van der Waals surface area (Å²) >= 11 is 0. The van der Waals surface area contributed by atoms with Crippen molar-refractivity contribution in [3.63, 3.8) is 0 Å². The Labute approximate surface area is 134 Å². The summed E-state index contributed by atoms with van der Waals surface area (Å²) in [5, 5.41) is 12.5. The van der Waals surface area contributed by atoms with Crippen LogP contribution in [0.4, 0.5) is 13.2 Å². The molecule has 0 spiro atoms. The lowest BCUT2D eigenvalue weighted by Crippen LogP contribution is -2.30. The minimum Gasteiger partial charge on any atom is -0.451 e. The van der Waals surface area contributed by atoms with E-state index in [1.54, 1.807) is 24.3 Å². The molecule has 3 rings (SSSR count). The van der Waals surface area contributed by atoms with E-state index in [9.17, 15) is 23.1 Å². The number of amides is 1. The van der Waals surface area contributed by atoms with Crippen molar-refractivity contribution in [2.24, 2.45) is 0 Å². The van der Waals surface area contributed by atoms with Gasteiger partial charge in [-0.05, 0) is 29.8 Å². The highest BCUT2D eigenvalue weighted by molar-refractivity contribution is 5.96. The molecule has 1 amide bonds. The van der Waals surface area contributed by atoms with Crippen LogP contribution in [0.3, 0.4) is 0 Å². The summed E-state index contributed by atoms with van der Waals surface area (Å²) in [6, 6.07) is 8.79. The molecule has 0 bridgehead atoms. The first-order chi connectivity index (χ1) is 11.5. The molecular formula is C17H12F3NO3. The van der Waals surface area contributed by atoms with E-state index in [2.05, 4.69) is 5.32 Å². The molecule has 0 aliphatic carbocycles. The molecule has 2 aromatic carbocycles. The van der Waals surface area contributed by atoms with Gasteiger partial charge in [0.25, 0.3) is 5.91 Å². The van der Waals surface area contributed by atoms with E-state index in [0.717, 1.165) is 12.1 Å². The van der Waals surface area contributed by atoms with Crippen LogP contribution in [0.5, 0.6) is 0 Å². The van der Waals surface area contributed by atoms with E-state index in [1.807, 2.05) is 0 Å². The summed E-state index contributed by atoms with van der Waals surface area (Å²) in [6.07, 6.45) is 0. The van der Waals surface area contributed by atoms with Crippen LogP contribution in [0, 0.1) is 17.5 Å². The average Bonchev–Trinajstić information content (AvgIpc) is 3.01. The predicted octanol–water partition coefficient (Wildman–Crippen LogP) is 3.31. The van der Waals surface area contributed by atoms with Gasteiger partial charge in [-0.25, -0.2) is 13.2 Å². The summed E-state index contributed by atoms with van der Waals surface area (Å²) in [7, 11) is 0. The standard InChI is InChI=1S/C17H12F3NO3/c18-11-5-10(6-12(19)16(11)20)13(8-22)21-17(23)15-7-9-3-1-2-4-14(9)24-15/h1-7,13,22H,8H2,(H,21,23). The molecule has 1 heterocycles. The van der Waals surface area contributed by atoms with E-state index >= 15 is 0 Å². The highest BCUT2D eigenvalue weighted by Crippen LogP contribution is 2.22. The lowest BCUT2D eigenvalue weighted by Gasteiger charge is -2.16. The third-order valence-corrected chi connectivity index (χ3v) is 3.55. The lowest BCUT2D eigenvalue weighted by atomic mass is 10.1. The molecule has 1 unspecified atom stereocenters. The van der Waals surface area contributed by atoms with Crippen molar-refractivity contribution in [1.29, 1.82) is 0 Å². The van der Waals surface area contributed by atoms with E-state index in [4.69, 9.17) is 4.42 Å². The normalized spacial score (nSPS) is 12.3. The Balaban J connectivity index is 1.85. The monoisotopic (exact) mass is 335 g/mol. The van der Waals surface area contributed by atoms with Gasteiger partial charge >= 0.3 is 0 Å². The second kappa shape index (κ2) is 6.37. The number of hydrogen-bond donors (Lipinski definition) is 2. The number of para-hydroxylation sites is 1. The van der Waals surface area contributed by atoms with Crippen LogP contribution in [-0.4, -0.2) is 17.6 Å². The van der Waals surface area contributed by atoms with Crippen molar-refractivity contribution in [1.82, 2.24) is 5.32 Å². The number of aliphatic hydroxyl groups excluding tert-OH is 1. The quantitative estimate of drug-likeness (QED) is 0.719. The molecule has 0 aliphatic heterocycles. The fourth-order valence-corrected chi connectivity index (χ4v) is 2.33. The number of nitrogens with one attached hydrogen (secondary N) is 1. The highest BCUT2D eigenvalue weighted by Gasteiger charge is 2.21. The highest BCUT2D eigenvalue weighted by atomic mass is 19.2. The zero-order chi connectivity index (χ0) is 17.3. The lowest BCUT2D eigenvalue weighted by molar-refractivity contribution is 0.0890. The van der Waals surface area contributed by atoms with Crippen molar-refractivity contribution >= 4 is 16.9 Å². The largest absolute Gasteiger partial charge is 0.451 e. The fourth-order valence-electron chi connectivity index (χ4n) is 2.33. The molecule has 4 nitrogen and oxygen atoms in total. The molecule has 3 aromatic rings. The maximum absolute atomic E-state index is 13.3. The van der Waals surface area contributed by atoms with Crippen LogP contribution >= 0.6 is 0 Å². The van der Waals surface area contributed by atoms with Crippen LogP contribution in [0.15, 0.2) is 46.9 Å². The molecule has 0 radical (unpaired) electrons. The Morgan fingerprint density at radius 2 is 1.79 bits per heavy atom. The molecular weight excluding hydrogens is 323 g/mol. The van der Waals surface area contributed by atoms with E-state index in [-0.39, 0.29) is 11.3 Å². The first-order valence-electron chi connectivity index (χ1n) is 7.04. The topological polar surface area (TPSA) is 62.5 Å².